The van der Waals surface area contributed by atoms with Gasteiger partial charge in [0.15, 0.2) is 0 Å². The van der Waals surface area contributed by atoms with Gasteiger partial charge in [-0.25, -0.2) is 0 Å². The molecule has 2 aromatic carbocycles. The first-order valence-corrected chi connectivity index (χ1v) is 8.81. The summed E-state index contributed by atoms with van der Waals surface area (Å²) in [7, 11) is 0. The molecule has 1 fully saturated rings. The monoisotopic (exact) mass is 388 g/mol. The molecule has 1 amide bonds. The van der Waals surface area contributed by atoms with E-state index in [1.165, 1.54) is 0 Å². The van der Waals surface area contributed by atoms with Crippen LogP contribution >= 0.6 is 15.9 Å². The van der Waals surface area contributed by atoms with Crippen LogP contribution in [0.25, 0.3) is 0 Å². The standard InChI is InChI=1S/C19H21BrN2O2/c1-19(12-21)9-10-22(13-19)18(23)14-5-7-16(8-6-14)24-17-4-2-3-15(20)11-17/h2-8,11H,9-10,12-13,21H2,1H3. The Morgan fingerprint density at radius 2 is 2.00 bits per heavy atom. The Bertz CT molecular complexity index is 732. The predicted molar refractivity (Wildman–Crippen MR) is 98.3 cm³/mol. The zero-order valence-corrected chi connectivity index (χ0v) is 15.3. The van der Waals surface area contributed by atoms with Crippen molar-refractivity contribution in [2.75, 3.05) is 19.6 Å². The Kier molecular flexibility index (Phi) is 4.92. The predicted octanol–water partition coefficient (Wildman–Crippen LogP) is 4.05. The SMILES string of the molecule is CC1(CN)CCN(C(=O)c2ccc(Oc3cccc(Br)c3)cc2)C1. The van der Waals surface area contributed by atoms with Crippen molar-refractivity contribution in [1.82, 2.24) is 4.90 Å². The summed E-state index contributed by atoms with van der Waals surface area (Å²) in [6.45, 7) is 4.23. The molecule has 0 aliphatic carbocycles. The van der Waals surface area contributed by atoms with E-state index in [1.54, 1.807) is 0 Å². The Balaban J connectivity index is 1.67. The van der Waals surface area contributed by atoms with Gasteiger partial charge in [-0.3, -0.25) is 4.79 Å². The van der Waals surface area contributed by atoms with Gasteiger partial charge in [-0.05, 0) is 60.8 Å². The van der Waals surface area contributed by atoms with Crippen molar-refractivity contribution in [2.45, 2.75) is 13.3 Å². The van der Waals surface area contributed by atoms with Crippen molar-refractivity contribution in [3.05, 3.63) is 58.6 Å². The second kappa shape index (κ2) is 6.95. The Morgan fingerprint density at radius 3 is 2.62 bits per heavy atom. The average Bonchev–Trinajstić information content (AvgIpc) is 2.98. The molecule has 4 nitrogen and oxygen atoms in total. The summed E-state index contributed by atoms with van der Waals surface area (Å²) >= 11 is 3.42. The van der Waals surface area contributed by atoms with E-state index in [0.29, 0.717) is 17.9 Å². The Hall–Kier alpha value is -1.85. The Morgan fingerprint density at radius 1 is 1.25 bits per heavy atom. The molecule has 5 heteroatoms. The quantitative estimate of drug-likeness (QED) is 0.858. The molecule has 0 bridgehead atoms. The highest BCUT2D eigenvalue weighted by atomic mass is 79.9. The van der Waals surface area contributed by atoms with Gasteiger partial charge in [0, 0.05) is 23.1 Å². The van der Waals surface area contributed by atoms with Gasteiger partial charge in [-0.2, -0.15) is 0 Å². The highest BCUT2D eigenvalue weighted by molar-refractivity contribution is 9.10. The van der Waals surface area contributed by atoms with Crippen LogP contribution in [0.2, 0.25) is 0 Å². The third-order valence-corrected chi connectivity index (χ3v) is 4.96. The summed E-state index contributed by atoms with van der Waals surface area (Å²) in [5.41, 5.74) is 6.53. The first-order valence-electron chi connectivity index (χ1n) is 8.02. The highest BCUT2D eigenvalue weighted by Gasteiger charge is 2.35. The normalized spacial score (nSPS) is 20.2. The van der Waals surface area contributed by atoms with Crippen LogP contribution in [0, 0.1) is 5.41 Å². The number of hydrogen-bond donors (Lipinski definition) is 1. The van der Waals surface area contributed by atoms with Crippen molar-refractivity contribution < 1.29 is 9.53 Å². The zero-order chi connectivity index (χ0) is 17.2. The van der Waals surface area contributed by atoms with E-state index in [-0.39, 0.29) is 11.3 Å². The maximum absolute atomic E-state index is 12.6. The molecule has 2 N–H and O–H groups in total. The summed E-state index contributed by atoms with van der Waals surface area (Å²) in [5, 5.41) is 0. The summed E-state index contributed by atoms with van der Waals surface area (Å²) in [4.78, 5) is 14.5. The van der Waals surface area contributed by atoms with Crippen molar-refractivity contribution in [2.24, 2.45) is 11.1 Å². The van der Waals surface area contributed by atoms with Gasteiger partial charge in [-0.15, -0.1) is 0 Å². The van der Waals surface area contributed by atoms with E-state index in [9.17, 15) is 4.79 Å². The van der Waals surface area contributed by atoms with E-state index in [0.717, 1.165) is 29.7 Å². The van der Waals surface area contributed by atoms with Crippen LogP contribution in [0.5, 0.6) is 11.5 Å². The molecule has 0 saturated carbocycles. The molecule has 1 aliphatic rings. The lowest BCUT2D eigenvalue weighted by atomic mass is 9.90. The number of carbonyl (C=O) groups is 1. The van der Waals surface area contributed by atoms with E-state index in [4.69, 9.17) is 10.5 Å². The first kappa shape index (κ1) is 17.0. The van der Waals surface area contributed by atoms with Crippen molar-refractivity contribution in [3.8, 4) is 11.5 Å². The lowest BCUT2D eigenvalue weighted by Crippen LogP contribution is -2.34. The number of carbonyl (C=O) groups excluding carboxylic acids is 1. The van der Waals surface area contributed by atoms with Gasteiger partial charge in [0.25, 0.3) is 5.91 Å². The van der Waals surface area contributed by atoms with E-state index in [2.05, 4.69) is 22.9 Å². The number of benzene rings is 2. The van der Waals surface area contributed by atoms with E-state index >= 15 is 0 Å². The highest BCUT2D eigenvalue weighted by Crippen LogP contribution is 2.30. The van der Waals surface area contributed by atoms with Gasteiger partial charge >= 0.3 is 0 Å². The number of nitrogens with two attached hydrogens (primary N) is 1. The number of ether oxygens (including phenoxy) is 1. The molecule has 2 aromatic rings. The fourth-order valence-corrected chi connectivity index (χ4v) is 3.26. The van der Waals surface area contributed by atoms with E-state index < -0.39 is 0 Å². The minimum Gasteiger partial charge on any atom is -0.457 e. The second-order valence-corrected chi connectivity index (χ2v) is 7.49. The molecular weight excluding hydrogens is 368 g/mol. The van der Waals surface area contributed by atoms with Crippen LogP contribution in [-0.2, 0) is 0 Å². The van der Waals surface area contributed by atoms with Crippen molar-refractivity contribution in [1.29, 1.82) is 0 Å². The smallest absolute Gasteiger partial charge is 0.253 e. The first-order chi connectivity index (χ1) is 11.5. The van der Waals surface area contributed by atoms with E-state index in [1.807, 2.05) is 53.4 Å². The van der Waals surface area contributed by atoms with Crippen LogP contribution < -0.4 is 10.5 Å². The number of likely N-dealkylation sites (tertiary alicyclic amines) is 1. The molecule has 1 unspecified atom stereocenters. The fourth-order valence-electron chi connectivity index (χ4n) is 2.88. The van der Waals surface area contributed by atoms with Crippen LogP contribution in [0.15, 0.2) is 53.0 Å². The number of halogens is 1. The molecular formula is C19H21BrN2O2. The lowest BCUT2D eigenvalue weighted by molar-refractivity contribution is 0.0777. The van der Waals surface area contributed by atoms with Crippen molar-refractivity contribution in [3.63, 3.8) is 0 Å². The summed E-state index contributed by atoms with van der Waals surface area (Å²) in [6.07, 6.45) is 0.958. The summed E-state index contributed by atoms with van der Waals surface area (Å²) < 4.78 is 6.76. The minimum atomic E-state index is 0.0411. The largest absolute Gasteiger partial charge is 0.457 e. The fraction of sp³-hybridized carbons (Fsp3) is 0.316. The molecule has 1 heterocycles. The maximum atomic E-state index is 12.6. The number of rotatable bonds is 4. The van der Waals surface area contributed by atoms with Crippen LogP contribution in [0.3, 0.4) is 0 Å². The molecule has 1 atom stereocenters. The third kappa shape index (κ3) is 3.79. The van der Waals surface area contributed by atoms with Crippen molar-refractivity contribution >= 4 is 21.8 Å². The number of amides is 1. The minimum absolute atomic E-state index is 0.0411. The van der Waals surface area contributed by atoms with Crippen LogP contribution in [0.4, 0.5) is 0 Å². The lowest BCUT2D eigenvalue weighted by Gasteiger charge is -2.22. The molecule has 0 aromatic heterocycles. The Labute approximate surface area is 150 Å². The molecule has 0 spiro atoms. The summed E-state index contributed by atoms with van der Waals surface area (Å²) in [6, 6.07) is 14.9. The molecule has 126 valence electrons. The second-order valence-electron chi connectivity index (χ2n) is 6.58. The topological polar surface area (TPSA) is 55.6 Å². The number of hydrogen-bond acceptors (Lipinski definition) is 3. The molecule has 24 heavy (non-hydrogen) atoms. The molecule has 1 aliphatic heterocycles. The molecule has 0 radical (unpaired) electrons. The van der Waals surface area contributed by atoms with Crippen LogP contribution in [0.1, 0.15) is 23.7 Å². The van der Waals surface area contributed by atoms with Gasteiger partial charge in [-0.1, -0.05) is 28.9 Å². The third-order valence-electron chi connectivity index (χ3n) is 4.47. The van der Waals surface area contributed by atoms with Crippen LogP contribution in [-0.4, -0.2) is 30.4 Å². The van der Waals surface area contributed by atoms with Gasteiger partial charge in [0.2, 0.25) is 0 Å². The van der Waals surface area contributed by atoms with Gasteiger partial charge in [0.1, 0.15) is 11.5 Å². The van der Waals surface area contributed by atoms with Gasteiger partial charge < -0.3 is 15.4 Å². The molecule has 3 rings (SSSR count). The maximum Gasteiger partial charge on any atom is 0.253 e. The number of nitrogens with zero attached hydrogens (tertiary/aromatic N) is 1. The average molecular weight is 389 g/mol. The summed E-state index contributed by atoms with van der Waals surface area (Å²) in [5.74, 6) is 1.51. The molecule has 1 saturated heterocycles. The zero-order valence-electron chi connectivity index (χ0n) is 13.7. The van der Waals surface area contributed by atoms with Gasteiger partial charge in [0.05, 0.1) is 0 Å².